The first kappa shape index (κ1) is 23.0. The van der Waals surface area contributed by atoms with Crippen LogP contribution < -0.4 is 0 Å². The van der Waals surface area contributed by atoms with E-state index in [9.17, 15) is 13.2 Å². The van der Waals surface area contributed by atoms with E-state index in [4.69, 9.17) is 14.0 Å². The Balaban J connectivity index is 0. The van der Waals surface area contributed by atoms with E-state index in [2.05, 4.69) is 0 Å². The van der Waals surface area contributed by atoms with Gasteiger partial charge in [0.25, 0.3) is 10.1 Å². The molecular formula is C13H21NaO6S. The molecule has 0 fully saturated rings. The Hall–Kier alpha value is -0.280. The number of aldehydes is 1. The van der Waals surface area contributed by atoms with Gasteiger partial charge in [0.15, 0.2) is 12.6 Å². The molecule has 0 unspecified atom stereocenters. The Labute approximate surface area is 147 Å². The van der Waals surface area contributed by atoms with Crippen LogP contribution in [-0.2, 0) is 19.6 Å². The van der Waals surface area contributed by atoms with Gasteiger partial charge in [-0.1, -0.05) is 18.2 Å². The minimum atomic E-state index is -4.28. The van der Waals surface area contributed by atoms with Crippen LogP contribution in [0.5, 0.6) is 0 Å². The van der Waals surface area contributed by atoms with Crippen LogP contribution in [0.3, 0.4) is 0 Å². The molecule has 0 spiro atoms. The molecule has 0 amide bonds. The molecule has 0 atom stereocenters. The van der Waals surface area contributed by atoms with Gasteiger partial charge in [0.05, 0.1) is 0 Å². The second kappa shape index (κ2) is 12.3. The summed E-state index contributed by atoms with van der Waals surface area (Å²) < 4.78 is 40.0. The van der Waals surface area contributed by atoms with E-state index in [-0.39, 0.29) is 46.3 Å². The summed E-state index contributed by atoms with van der Waals surface area (Å²) in [6.45, 7) is 7.25. The number of carbonyl (C=O) groups excluding carboxylic acids is 1. The van der Waals surface area contributed by atoms with Gasteiger partial charge in [0, 0.05) is 18.8 Å². The van der Waals surface area contributed by atoms with E-state index in [1.807, 2.05) is 20.8 Å². The van der Waals surface area contributed by atoms with Gasteiger partial charge in [-0.2, -0.15) is 8.42 Å². The zero-order chi connectivity index (χ0) is 15.6. The Morgan fingerprint density at radius 1 is 1.19 bits per heavy atom. The van der Waals surface area contributed by atoms with Crippen LogP contribution in [0.1, 0.15) is 31.1 Å². The molecule has 0 saturated carbocycles. The molecule has 1 N–H and O–H groups in total. The number of rotatable bonds is 6. The average Bonchev–Trinajstić information content (AvgIpc) is 2.39. The summed E-state index contributed by atoms with van der Waals surface area (Å²) in [7, 11) is -4.28. The second-order valence-corrected chi connectivity index (χ2v) is 5.00. The Morgan fingerprint density at radius 3 is 2.00 bits per heavy atom. The second-order valence-electron chi connectivity index (χ2n) is 3.61. The molecule has 0 aliphatic carbocycles. The van der Waals surface area contributed by atoms with Gasteiger partial charge in [0.2, 0.25) is 0 Å². The van der Waals surface area contributed by atoms with Crippen molar-refractivity contribution in [2.24, 2.45) is 0 Å². The fraction of sp³-hybridized carbons (Fsp3) is 0.462. The average molecular weight is 328 g/mol. The van der Waals surface area contributed by atoms with Crippen LogP contribution in [0.25, 0.3) is 0 Å². The van der Waals surface area contributed by atoms with E-state index in [1.165, 1.54) is 24.3 Å². The summed E-state index contributed by atoms with van der Waals surface area (Å²) in [6.07, 6.45) is 0.341. The predicted octanol–water partition coefficient (Wildman–Crippen LogP) is 1.50. The maximum absolute atomic E-state index is 10.6. The molecule has 6 nitrogen and oxygen atoms in total. The van der Waals surface area contributed by atoms with Crippen molar-refractivity contribution in [2.45, 2.75) is 32.0 Å². The molecule has 1 aromatic rings. The molecule has 0 heterocycles. The summed E-state index contributed by atoms with van der Waals surface area (Å²) >= 11 is 0. The number of benzene rings is 1. The fourth-order valence-corrected chi connectivity index (χ4v) is 1.99. The molecule has 21 heavy (non-hydrogen) atoms. The fourth-order valence-electron chi connectivity index (χ4n) is 1.33. The van der Waals surface area contributed by atoms with Crippen LogP contribution in [0, 0.1) is 0 Å². The van der Waals surface area contributed by atoms with Crippen molar-refractivity contribution >= 4 is 46.0 Å². The predicted molar refractivity (Wildman–Crippen MR) is 81.5 cm³/mol. The zero-order valence-corrected chi connectivity index (χ0v) is 12.6. The zero-order valence-electron chi connectivity index (χ0n) is 11.8. The van der Waals surface area contributed by atoms with Crippen molar-refractivity contribution in [1.82, 2.24) is 0 Å². The topological polar surface area (TPSA) is 89.9 Å². The summed E-state index contributed by atoms with van der Waals surface area (Å²) in [6, 6.07) is 5.42. The number of ether oxygens (including phenoxy) is 2. The van der Waals surface area contributed by atoms with Crippen molar-refractivity contribution in [3.63, 3.8) is 0 Å². The molecule has 0 saturated heterocycles. The first-order valence-electron chi connectivity index (χ1n) is 6.11. The van der Waals surface area contributed by atoms with Crippen molar-refractivity contribution < 1.29 is 27.2 Å². The van der Waals surface area contributed by atoms with Gasteiger partial charge in [0.1, 0.15) is 4.90 Å². The summed E-state index contributed by atoms with van der Waals surface area (Å²) in [4.78, 5) is 9.94. The molecule has 8 heteroatoms. The Kier molecular flexibility index (Phi) is 13.4. The van der Waals surface area contributed by atoms with Gasteiger partial charge >= 0.3 is 29.6 Å². The summed E-state index contributed by atoms with van der Waals surface area (Å²) in [5, 5.41) is 0. The molecule has 0 aliphatic heterocycles. The number of hydrogen-bond donors (Lipinski definition) is 1. The Bertz CT molecular complexity index is 497. The third kappa shape index (κ3) is 10.1. The summed E-state index contributed by atoms with van der Waals surface area (Å²) in [5.74, 6) is 0. The van der Waals surface area contributed by atoms with Gasteiger partial charge in [-0.05, 0) is 26.8 Å². The maximum atomic E-state index is 10.6. The van der Waals surface area contributed by atoms with E-state index in [0.29, 0.717) is 6.29 Å². The van der Waals surface area contributed by atoms with E-state index in [0.717, 1.165) is 13.2 Å². The van der Waals surface area contributed by atoms with Crippen molar-refractivity contribution in [2.75, 3.05) is 13.2 Å². The van der Waals surface area contributed by atoms with Crippen LogP contribution in [0.4, 0.5) is 0 Å². The van der Waals surface area contributed by atoms with Crippen molar-refractivity contribution in [1.29, 1.82) is 0 Å². The van der Waals surface area contributed by atoms with E-state index >= 15 is 0 Å². The molecule has 0 aliphatic rings. The van der Waals surface area contributed by atoms with Crippen molar-refractivity contribution in [3.05, 3.63) is 29.8 Å². The van der Waals surface area contributed by atoms with Crippen LogP contribution in [-0.4, -0.2) is 68.3 Å². The monoisotopic (exact) mass is 328 g/mol. The van der Waals surface area contributed by atoms with Crippen LogP contribution in [0.15, 0.2) is 29.2 Å². The molecular weight excluding hydrogens is 307 g/mol. The minimum absolute atomic E-state index is 0. The first-order valence-corrected chi connectivity index (χ1v) is 7.55. The van der Waals surface area contributed by atoms with E-state index in [1.54, 1.807) is 0 Å². The molecule has 0 aromatic heterocycles. The van der Waals surface area contributed by atoms with Crippen molar-refractivity contribution in [3.8, 4) is 0 Å². The third-order valence-corrected chi connectivity index (χ3v) is 3.05. The standard InChI is InChI=1S/C7H6O4S.C6H14O2.Na.H/c8-5-6-3-1-2-4-7(6)12(9,10)11;1-4-7-6(3)8-5-2;;/h1-5H,(H,9,10,11);6H,4-5H2,1-3H3;;. The quantitative estimate of drug-likeness (QED) is 0.368. The van der Waals surface area contributed by atoms with Gasteiger partial charge in [-0.3, -0.25) is 9.35 Å². The van der Waals surface area contributed by atoms with E-state index < -0.39 is 10.1 Å². The number of hydrogen-bond acceptors (Lipinski definition) is 5. The first-order chi connectivity index (χ1) is 9.36. The third-order valence-electron chi connectivity index (χ3n) is 2.13. The van der Waals surface area contributed by atoms with Gasteiger partial charge < -0.3 is 9.47 Å². The SMILES string of the molecule is CCOC(C)OCC.O=Cc1ccccc1S(=O)(=O)O.[NaH]. The van der Waals surface area contributed by atoms with Crippen LogP contribution in [0.2, 0.25) is 0 Å². The van der Waals surface area contributed by atoms with Crippen LogP contribution >= 0.6 is 0 Å². The molecule has 1 aromatic carbocycles. The molecule has 0 bridgehead atoms. The molecule has 116 valence electrons. The molecule has 0 radical (unpaired) electrons. The van der Waals surface area contributed by atoms with Gasteiger partial charge in [-0.25, -0.2) is 0 Å². The van der Waals surface area contributed by atoms with Gasteiger partial charge in [-0.15, -0.1) is 0 Å². The molecule has 1 rings (SSSR count). The number of carbonyl (C=O) groups is 1. The normalized spacial score (nSPS) is 10.3. The summed E-state index contributed by atoms with van der Waals surface area (Å²) in [5.41, 5.74) is -0.0417. The Morgan fingerprint density at radius 2 is 1.67 bits per heavy atom.